The normalized spacial score (nSPS) is 30.2. The largest absolute Gasteiger partial charge is 0.354 e. The zero-order chi connectivity index (χ0) is 13.1. The van der Waals surface area contributed by atoms with Gasteiger partial charge in [0.25, 0.3) is 0 Å². The number of amides is 1. The number of nitrogens with one attached hydrogen (secondary N) is 2. The summed E-state index contributed by atoms with van der Waals surface area (Å²) in [5.74, 6) is 1.45. The molecule has 3 atom stereocenters. The molecule has 0 aromatic carbocycles. The Morgan fingerprint density at radius 3 is 2.83 bits per heavy atom. The Labute approximate surface area is 110 Å². The molecular weight excluding hydrogens is 226 g/mol. The van der Waals surface area contributed by atoms with Crippen LogP contribution in [0.3, 0.4) is 0 Å². The highest BCUT2D eigenvalue weighted by molar-refractivity contribution is 5.81. The van der Waals surface area contributed by atoms with E-state index in [1.807, 2.05) is 6.92 Å². The molecule has 0 aromatic heterocycles. The third-order valence-electron chi connectivity index (χ3n) is 4.24. The van der Waals surface area contributed by atoms with Crippen LogP contribution in [0.1, 0.15) is 33.6 Å². The maximum absolute atomic E-state index is 12.1. The molecule has 2 N–H and O–H groups in total. The first-order valence-corrected chi connectivity index (χ1v) is 7.33. The third-order valence-corrected chi connectivity index (χ3v) is 4.24. The predicted octanol–water partition coefficient (Wildman–Crippen LogP) is 0.831. The van der Waals surface area contributed by atoms with E-state index in [0.717, 1.165) is 32.1 Å². The van der Waals surface area contributed by atoms with Gasteiger partial charge in [0.2, 0.25) is 5.91 Å². The predicted molar refractivity (Wildman–Crippen MR) is 73.4 cm³/mol. The molecule has 0 aliphatic carbocycles. The average Bonchev–Trinajstić information content (AvgIpc) is 2.78. The van der Waals surface area contributed by atoms with Crippen LogP contribution in [0.2, 0.25) is 0 Å². The maximum Gasteiger partial charge on any atom is 0.237 e. The molecule has 4 heteroatoms. The number of likely N-dealkylation sites (tertiary alicyclic amines) is 1. The van der Waals surface area contributed by atoms with Gasteiger partial charge in [-0.1, -0.05) is 13.8 Å². The fourth-order valence-corrected chi connectivity index (χ4v) is 3.01. The second-order valence-electron chi connectivity index (χ2n) is 6.23. The standard InChI is InChI=1S/C14H27N3O/c1-10(2)7-16-14(18)11(3)17-8-12-5-4-6-15-13(12)9-17/h10-13,15H,4-9H2,1-3H3,(H,16,18)/t11?,12-,13+/m0/s1. The molecule has 2 fully saturated rings. The molecule has 1 amide bonds. The Morgan fingerprint density at radius 1 is 1.39 bits per heavy atom. The second kappa shape index (κ2) is 6.02. The minimum absolute atomic E-state index is 0.0103. The van der Waals surface area contributed by atoms with E-state index in [9.17, 15) is 4.79 Å². The zero-order valence-corrected chi connectivity index (χ0v) is 11.9. The molecule has 2 aliphatic rings. The molecular formula is C14H27N3O. The fourth-order valence-electron chi connectivity index (χ4n) is 3.01. The van der Waals surface area contributed by atoms with E-state index in [4.69, 9.17) is 0 Å². The SMILES string of the molecule is CC(C)CNC(=O)C(C)N1C[C@@H]2CCCN[C@@H]2C1. The van der Waals surface area contributed by atoms with Crippen molar-refractivity contribution in [2.24, 2.45) is 11.8 Å². The summed E-state index contributed by atoms with van der Waals surface area (Å²) in [4.78, 5) is 14.4. The molecule has 18 heavy (non-hydrogen) atoms. The molecule has 2 aliphatic heterocycles. The lowest BCUT2D eigenvalue weighted by atomic mass is 9.94. The van der Waals surface area contributed by atoms with Crippen LogP contribution in [0, 0.1) is 11.8 Å². The van der Waals surface area contributed by atoms with Crippen molar-refractivity contribution in [2.75, 3.05) is 26.2 Å². The van der Waals surface area contributed by atoms with Crippen LogP contribution < -0.4 is 10.6 Å². The van der Waals surface area contributed by atoms with Crippen molar-refractivity contribution in [3.8, 4) is 0 Å². The van der Waals surface area contributed by atoms with E-state index in [-0.39, 0.29) is 11.9 Å². The Balaban J connectivity index is 1.82. The summed E-state index contributed by atoms with van der Waals surface area (Å²) in [6.45, 7) is 10.3. The van der Waals surface area contributed by atoms with Crippen molar-refractivity contribution in [1.29, 1.82) is 0 Å². The van der Waals surface area contributed by atoms with Gasteiger partial charge in [-0.25, -0.2) is 0 Å². The number of piperidine rings is 1. The van der Waals surface area contributed by atoms with Gasteiger partial charge in [0.1, 0.15) is 0 Å². The highest BCUT2D eigenvalue weighted by atomic mass is 16.2. The summed E-state index contributed by atoms with van der Waals surface area (Å²) in [6, 6.07) is 0.621. The summed E-state index contributed by atoms with van der Waals surface area (Å²) in [5.41, 5.74) is 0. The van der Waals surface area contributed by atoms with Gasteiger partial charge in [-0.15, -0.1) is 0 Å². The van der Waals surface area contributed by atoms with Crippen molar-refractivity contribution < 1.29 is 4.79 Å². The lowest BCUT2D eigenvalue weighted by Gasteiger charge is -2.25. The van der Waals surface area contributed by atoms with E-state index in [2.05, 4.69) is 29.4 Å². The topological polar surface area (TPSA) is 44.4 Å². The fraction of sp³-hybridized carbons (Fsp3) is 0.929. The number of rotatable bonds is 4. The van der Waals surface area contributed by atoms with Gasteiger partial charge in [-0.3, -0.25) is 9.69 Å². The van der Waals surface area contributed by atoms with Crippen LogP contribution >= 0.6 is 0 Å². The first-order valence-electron chi connectivity index (χ1n) is 7.33. The number of carbonyl (C=O) groups is 1. The lowest BCUT2D eigenvalue weighted by Crippen LogP contribution is -2.46. The second-order valence-corrected chi connectivity index (χ2v) is 6.23. The molecule has 0 bridgehead atoms. The quantitative estimate of drug-likeness (QED) is 0.780. The molecule has 2 saturated heterocycles. The molecule has 2 rings (SSSR count). The molecule has 0 saturated carbocycles. The summed E-state index contributed by atoms with van der Waals surface area (Å²) in [5, 5.41) is 6.62. The van der Waals surface area contributed by atoms with Gasteiger partial charge < -0.3 is 10.6 Å². The Hall–Kier alpha value is -0.610. The van der Waals surface area contributed by atoms with Gasteiger partial charge in [-0.05, 0) is 38.1 Å². The molecule has 0 spiro atoms. The maximum atomic E-state index is 12.1. The number of fused-ring (bicyclic) bond motifs is 1. The van der Waals surface area contributed by atoms with Crippen molar-refractivity contribution in [3.63, 3.8) is 0 Å². The van der Waals surface area contributed by atoms with Crippen LogP contribution in [0.5, 0.6) is 0 Å². The molecule has 0 radical (unpaired) electrons. The smallest absolute Gasteiger partial charge is 0.237 e. The molecule has 4 nitrogen and oxygen atoms in total. The number of hydrogen-bond donors (Lipinski definition) is 2. The first kappa shape index (κ1) is 13.8. The van der Waals surface area contributed by atoms with Gasteiger partial charge in [0.05, 0.1) is 6.04 Å². The Morgan fingerprint density at radius 2 is 2.17 bits per heavy atom. The van der Waals surface area contributed by atoms with Gasteiger partial charge in [0.15, 0.2) is 0 Å². The van der Waals surface area contributed by atoms with E-state index >= 15 is 0 Å². The van der Waals surface area contributed by atoms with E-state index in [1.165, 1.54) is 12.8 Å². The molecule has 1 unspecified atom stereocenters. The van der Waals surface area contributed by atoms with Crippen molar-refractivity contribution in [3.05, 3.63) is 0 Å². The van der Waals surface area contributed by atoms with Crippen molar-refractivity contribution in [1.82, 2.24) is 15.5 Å². The molecule has 2 heterocycles. The third kappa shape index (κ3) is 3.23. The van der Waals surface area contributed by atoms with E-state index in [1.54, 1.807) is 0 Å². The Bertz CT molecular complexity index is 279. The van der Waals surface area contributed by atoms with Gasteiger partial charge in [-0.2, -0.15) is 0 Å². The van der Waals surface area contributed by atoms with Crippen LogP contribution in [0.25, 0.3) is 0 Å². The van der Waals surface area contributed by atoms with Crippen LogP contribution in [0.4, 0.5) is 0 Å². The Kier molecular flexibility index (Phi) is 4.62. The van der Waals surface area contributed by atoms with Crippen molar-refractivity contribution >= 4 is 5.91 Å². The number of hydrogen-bond acceptors (Lipinski definition) is 3. The van der Waals surface area contributed by atoms with E-state index < -0.39 is 0 Å². The summed E-state index contributed by atoms with van der Waals surface area (Å²) in [7, 11) is 0. The van der Waals surface area contributed by atoms with Crippen LogP contribution in [-0.2, 0) is 4.79 Å². The summed E-state index contributed by atoms with van der Waals surface area (Å²) < 4.78 is 0. The zero-order valence-electron chi connectivity index (χ0n) is 11.9. The number of carbonyl (C=O) groups excluding carboxylic acids is 1. The lowest BCUT2D eigenvalue weighted by molar-refractivity contribution is -0.125. The molecule has 0 aromatic rings. The highest BCUT2D eigenvalue weighted by Gasteiger charge is 2.37. The van der Waals surface area contributed by atoms with E-state index in [0.29, 0.717) is 12.0 Å². The minimum atomic E-state index is 0.0103. The highest BCUT2D eigenvalue weighted by Crippen LogP contribution is 2.26. The first-order chi connectivity index (χ1) is 8.58. The van der Waals surface area contributed by atoms with Crippen LogP contribution in [0.15, 0.2) is 0 Å². The summed E-state index contributed by atoms with van der Waals surface area (Å²) >= 11 is 0. The monoisotopic (exact) mass is 253 g/mol. The van der Waals surface area contributed by atoms with Crippen molar-refractivity contribution in [2.45, 2.75) is 45.7 Å². The van der Waals surface area contributed by atoms with Gasteiger partial charge in [0, 0.05) is 25.7 Å². The summed E-state index contributed by atoms with van der Waals surface area (Å²) in [6.07, 6.45) is 2.59. The van der Waals surface area contributed by atoms with Crippen LogP contribution in [-0.4, -0.2) is 49.1 Å². The average molecular weight is 253 g/mol. The van der Waals surface area contributed by atoms with Gasteiger partial charge >= 0.3 is 0 Å². The minimum Gasteiger partial charge on any atom is -0.354 e. The molecule has 104 valence electrons. The number of nitrogens with zero attached hydrogens (tertiary/aromatic N) is 1.